The van der Waals surface area contributed by atoms with E-state index in [1.165, 1.54) is 0 Å². The SMILES string of the molecule is CCC1(c2ccc(NC(=O)C3=NN(C4CCS(=O)(=O)C4)C(=O)CC3)cc2)CCC(=O)NC1=O. The van der Waals surface area contributed by atoms with Gasteiger partial charge in [-0.25, -0.2) is 13.4 Å². The summed E-state index contributed by atoms with van der Waals surface area (Å²) in [4.78, 5) is 49.1. The Morgan fingerprint density at radius 2 is 1.91 bits per heavy atom. The summed E-state index contributed by atoms with van der Waals surface area (Å²) < 4.78 is 23.5. The summed E-state index contributed by atoms with van der Waals surface area (Å²) in [5.41, 5.74) is 0.643. The minimum Gasteiger partial charge on any atom is -0.321 e. The van der Waals surface area contributed by atoms with E-state index in [1.54, 1.807) is 24.3 Å². The number of carbonyl (C=O) groups is 4. The van der Waals surface area contributed by atoms with E-state index in [-0.39, 0.29) is 54.2 Å². The van der Waals surface area contributed by atoms with E-state index in [0.717, 1.165) is 10.6 Å². The van der Waals surface area contributed by atoms with Crippen molar-refractivity contribution in [1.82, 2.24) is 10.3 Å². The van der Waals surface area contributed by atoms with Crippen molar-refractivity contribution in [1.29, 1.82) is 0 Å². The molecule has 11 heteroatoms. The van der Waals surface area contributed by atoms with Gasteiger partial charge in [0, 0.05) is 24.9 Å². The van der Waals surface area contributed by atoms with Crippen LogP contribution in [0.5, 0.6) is 0 Å². The van der Waals surface area contributed by atoms with Crippen LogP contribution in [0, 0.1) is 0 Å². The number of hydrogen-bond acceptors (Lipinski definition) is 7. The fourth-order valence-electron chi connectivity index (χ4n) is 4.63. The highest BCUT2D eigenvalue weighted by molar-refractivity contribution is 7.91. The molecule has 3 aliphatic rings. The highest BCUT2D eigenvalue weighted by Gasteiger charge is 2.42. The number of rotatable bonds is 5. The molecule has 2 unspecified atom stereocenters. The van der Waals surface area contributed by atoms with Crippen molar-refractivity contribution >= 4 is 44.9 Å². The first-order valence-electron chi connectivity index (χ1n) is 11.0. The number of sulfone groups is 1. The molecule has 1 aromatic rings. The van der Waals surface area contributed by atoms with Crippen LogP contribution in [0.3, 0.4) is 0 Å². The molecule has 2 atom stereocenters. The van der Waals surface area contributed by atoms with Crippen molar-refractivity contribution in [2.24, 2.45) is 5.10 Å². The first kappa shape index (κ1) is 23.1. The van der Waals surface area contributed by atoms with Crippen molar-refractivity contribution < 1.29 is 27.6 Å². The summed E-state index contributed by atoms with van der Waals surface area (Å²) >= 11 is 0. The number of anilines is 1. The van der Waals surface area contributed by atoms with Gasteiger partial charge in [-0.15, -0.1) is 0 Å². The zero-order valence-electron chi connectivity index (χ0n) is 18.3. The van der Waals surface area contributed by atoms with Crippen LogP contribution in [0.15, 0.2) is 29.4 Å². The van der Waals surface area contributed by atoms with Crippen LogP contribution >= 0.6 is 0 Å². The van der Waals surface area contributed by atoms with Crippen LogP contribution in [-0.2, 0) is 34.4 Å². The number of piperidine rings is 1. The molecule has 0 aliphatic carbocycles. The lowest BCUT2D eigenvalue weighted by Gasteiger charge is -2.35. The van der Waals surface area contributed by atoms with Crippen molar-refractivity contribution in [3.8, 4) is 0 Å². The highest BCUT2D eigenvalue weighted by Crippen LogP contribution is 2.36. The predicted molar refractivity (Wildman–Crippen MR) is 120 cm³/mol. The minimum absolute atomic E-state index is 0.0102. The van der Waals surface area contributed by atoms with E-state index in [4.69, 9.17) is 0 Å². The van der Waals surface area contributed by atoms with Gasteiger partial charge in [0.25, 0.3) is 5.91 Å². The molecular formula is C22H26N4O6S. The second-order valence-electron chi connectivity index (χ2n) is 8.69. The summed E-state index contributed by atoms with van der Waals surface area (Å²) in [6, 6.07) is 6.35. The van der Waals surface area contributed by atoms with Crippen LogP contribution < -0.4 is 10.6 Å². The molecule has 3 heterocycles. The van der Waals surface area contributed by atoms with E-state index in [9.17, 15) is 27.6 Å². The molecule has 0 radical (unpaired) electrons. The second kappa shape index (κ2) is 8.69. The van der Waals surface area contributed by atoms with Crippen molar-refractivity contribution in [2.45, 2.75) is 56.9 Å². The lowest BCUT2D eigenvalue weighted by Crippen LogP contribution is -2.51. The Hall–Kier alpha value is -3.08. The molecule has 10 nitrogen and oxygen atoms in total. The minimum atomic E-state index is -3.19. The molecule has 2 saturated heterocycles. The summed E-state index contributed by atoms with van der Waals surface area (Å²) in [5, 5.41) is 10.5. The smallest absolute Gasteiger partial charge is 0.271 e. The van der Waals surface area contributed by atoms with E-state index in [0.29, 0.717) is 24.9 Å². The number of imide groups is 1. The van der Waals surface area contributed by atoms with Gasteiger partial charge in [-0.3, -0.25) is 24.5 Å². The molecule has 4 rings (SSSR count). The number of hydrazone groups is 1. The Morgan fingerprint density at radius 1 is 1.18 bits per heavy atom. The molecule has 0 saturated carbocycles. The van der Waals surface area contributed by atoms with E-state index < -0.39 is 27.2 Å². The van der Waals surface area contributed by atoms with Crippen LogP contribution in [0.4, 0.5) is 5.69 Å². The fraction of sp³-hybridized carbons (Fsp3) is 0.500. The average Bonchev–Trinajstić information content (AvgIpc) is 3.14. The molecule has 33 heavy (non-hydrogen) atoms. The number of hydrogen-bond donors (Lipinski definition) is 2. The molecule has 1 aromatic carbocycles. The molecule has 3 aliphatic heterocycles. The van der Waals surface area contributed by atoms with Gasteiger partial charge in [0.05, 0.1) is 23.0 Å². The number of carbonyl (C=O) groups excluding carboxylic acids is 4. The Balaban J connectivity index is 1.47. The molecule has 176 valence electrons. The van der Waals surface area contributed by atoms with Gasteiger partial charge in [-0.1, -0.05) is 19.1 Å². The monoisotopic (exact) mass is 474 g/mol. The zero-order chi connectivity index (χ0) is 23.8. The van der Waals surface area contributed by atoms with Crippen LogP contribution in [-0.4, -0.2) is 60.3 Å². The third kappa shape index (κ3) is 4.54. The van der Waals surface area contributed by atoms with Crippen LogP contribution in [0.25, 0.3) is 0 Å². The fourth-order valence-corrected chi connectivity index (χ4v) is 6.32. The summed E-state index contributed by atoms with van der Waals surface area (Å²) in [7, 11) is -3.19. The summed E-state index contributed by atoms with van der Waals surface area (Å²) in [5.74, 6) is -1.47. The Morgan fingerprint density at radius 3 is 2.52 bits per heavy atom. The highest BCUT2D eigenvalue weighted by atomic mass is 32.2. The first-order valence-corrected chi connectivity index (χ1v) is 12.8. The molecule has 0 aromatic heterocycles. The summed E-state index contributed by atoms with van der Waals surface area (Å²) in [6.45, 7) is 1.90. The maximum atomic E-state index is 12.8. The second-order valence-corrected chi connectivity index (χ2v) is 10.9. The van der Waals surface area contributed by atoms with Gasteiger partial charge in [0.1, 0.15) is 5.71 Å². The van der Waals surface area contributed by atoms with Gasteiger partial charge in [-0.2, -0.15) is 5.10 Å². The third-order valence-corrected chi connectivity index (χ3v) is 8.39. The molecule has 4 amide bonds. The number of benzene rings is 1. The van der Waals surface area contributed by atoms with Crippen LogP contribution in [0.2, 0.25) is 0 Å². The normalized spacial score (nSPS) is 27.2. The molecule has 2 N–H and O–H groups in total. The van der Waals surface area contributed by atoms with E-state index in [1.807, 2.05) is 6.92 Å². The van der Waals surface area contributed by atoms with Gasteiger partial charge >= 0.3 is 0 Å². The lowest BCUT2D eigenvalue weighted by molar-refractivity contribution is -0.138. The third-order valence-electron chi connectivity index (χ3n) is 6.64. The quantitative estimate of drug-likeness (QED) is 0.607. The van der Waals surface area contributed by atoms with E-state index in [2.05, 4.69) is 15.7 Å². The zero-order valence-corrected chi connectivity index (χ0v) is 19.1. The van der Waals surface area contributed by atoms with Crippen molar-refractivity contribution in [3.63, 3.8) is 0 Å². The Bertz CT molecular complexity index is 1140. The predicted octanol–water partition coefficient (Wildman–Crippen LogP) is 0.875. The van der Waals surface area contributed by atoms with Gasteiger partial charge in [0.15, 0.2) is 9.84 Å². The molecule has 2 fully saturated rings. The van der Waals surface area contributed by atoms with E-state index >= 15 is 0 Å². The van der Waals surface area contributed by atoms with Gasteiger partial charge in [0.2, 0.25) is 17.7 Å². The Labute approximate surface area is 191 Å². The molecule has 0 bridgehead atoms. The van der Waals surface area contributed by atoms with Crippen molar-refractivity contribution in [2.75, 3.05) is 16.8 Å². The molecular weight excluding hydrogens is 448 g/mol. The maximum absolute atomic E-state index is 12.8. The summed E-state index contributed by atoms with van der Waals surface area (Å²) in [6.07, 6.45) is 1.81. The topological polar surface area (TPSA) is 142 Å². The molecule has 0 spiro atoms. The van der Waals surface area contributed by atoms with Gasteiger partial charge < -0.3 is 5.32 Å². The van der Waals surface area contributed by atoms with Crippen molar-refractivity contribution in [3.05, 3.63) is 29.8 Å². The lowest BCUT2D eigenvalue weighted by atomic mass is 9.72. The maximum Gasteiger partial charge on any atom is 0.271 e. The van der Waals surface area contributed by atoms with Crippen LogP contribution in [0.1, 0.15) is 51.0 Å². The number of nitrogens with one attached hydrogen (secondary N) is 2. The average molecular weight is 475 g/mol. The number of nitrogens with zero attached hydrogens (tertiary/aromatic N) is 2. The largest absolute Gasteiger partial charge is 0.321 e. The first-order chi connectivity index (χ1) is 15.6. The standard InChI is InChI=1S/C22H26N4O6S/c1-2-22(11-9-18(27)24-21(22)30)14-3-5-15(6-4-14)23-20(29)17-7-8-19(28)26(25-17)16-10-12-33(31,32)13-16/h3-6,16H,2,7-13H2,1H3,(H,23,29)(H,24,27,30). The van der Waals surface area contributed by atoms with Gasteiger partial charge in [-0.05, 0) is 37.0 Å². The number of amides is 4. The Kier molecular flexibility index (Phi) is 6.08.